The van der Waals surface area contributed by atoms with Gasteiger partial charge in [-0.25, -0.2) is 0 Å². The van der Waals surface area contributed by atoms with Crippen LogP contribution in [0.1, 0.15) is 11.1 Å². The summed E-state index contributed by atoms with van der Waals surface area (Å²) in [4.78, 5) is 4.05. The predicted molar refractivity (Wildman–Crippen MR) is 77.1 cm³/mol. The highest BCUT2D eigenvalue weighted by Crippen LogP contribution is 2.31. The first-order valence-corrected chi connectivity index (χ1v) is 6.82. The number of nitrogens with one attached hydrogen (secondary N) is 1. The number of anilines is 1. The van der Waals surface area contributed by atoms with Crippen LogP contribution in [0.25, 0.3) is 0 Å². The van der Waals surface area contributed by atoms with Gasteiger partial charge < -0.3 is 10.1 Å². The average molecular weight is 361 g/mol. The van der Waals surface area contributed by atoms with Crippen molar-refractivity contribution in [3.05, 3.63) is 52.3 Å². The molecule has 1 heterocycles. The van der Waals surface area contributed by atoms with E-state index in [0.29, 0.717) is 6.54 Å². The highest BCUT2D eigenvalue weighted by molar-refractivity contribution is 9.10. The van der Waals surface area contributed by atoms with E-state index in [2.05, 4.69) is 31.0 Å². The molecule has 1 aromatic heterocycles. The maximum Gasteiger partial charge on any atom is 0.573 e. The van der Waals surface area contributed by atoms with E-state index < -0.39 is 6.36 Å². The molecule has 0 saturated carbocycles. The predicted octanol–water partition coefficient (Wildman–Crippen LogP) is 4.66. The van der Waals surface area contributed by atoms with Gasteiger partial charge in [0.1, 0.15) is 5.75 Å². The van der Waals surface area contributed by atoms with Crippen LogP contribution >= 0.6 is 15.9 Å². The fraction of sp³-hybridized carbons (Fsp3) is 0.214. The van der Waals surface area contributed by atoms with Crippen LogP contribution in [0.3, 0.4) is 0 Å². The number of aryl methyl sites for hydroxylation is 1. The molecule has 0 atom stereocenters. The minimum atomic E-state index is -4.70. The molecule has 112 valence electrons. The van der Waals surface area contributed by atoms with Gasteiger partial charge in [0.2, 0.25) is 0 Å². The van der Waals surface area contributed by atoms with Gasteiger partial charge in [-0.15, -0.1) is 13.2 Å². The number of benzene rings is 1. The third-order valence-electron chi connectivity index (χ3n) is 2.59. The molecule has 21 heavy (non-hydrogen) atoms. The van der Waals surface area contributed by atoms with E-state index in [0.717, 1.165) is 16.8 Å². The molecule has 0 saturated heterocycles. The summed E-state index contributed by atoms with van der Waals surface area (Å²) < 4.78 is 40.6. The molecule has 0 aliphatic heterocycles. The summed E-state index contributed by atoms with van der Waals surface area (Å²) in [6.07, 6.45) is -1.27. The molecule has 0 aliphatic carbocycles. The van der Waals surface area contributed by atoms with E-state index >= 15 is 0 Å². The fourth-order valence-corrected chi connectivity index (χ4v) is 2.22. The van der Waals surface area contributed by atoms with E-state index in [1.165, 1.54) is 6.07 Å². The van der Waals surface area contributed by atoms with Crippen molar-refractivity contribution in [3.8, 4) is 5.75 Å². The van der Waals surface area contributed by atoms with Crippen LogP contribution in [0.5, 0.6) is 5.75 Å². The first-order chi connectivity index (χ1) is 9.83. The van der Waals surface area contributed by atoms with Crippen molar-refractivity contribution in [2.75, 3.05) is 5.32 Å². The zero-order valence-corrected chi connectivity index (χ0v) is 12.6. The lowest BCUT2D eigenvalue weighted by Gasteiger charge is -2.12. The van der Waals surface area contributed by atoms with Crippen molar-refractivity contribution >= 4 is 21.6 Å². The highest BCUT2D eigenvalue weighted by atomic mass is 79.9. The summed E-state index contributed by atoms with van der Waals surface area (Å²) in [5.74, 6) is -0.261. The second-order valence-electron chi connectivity index (χ2n) is 4.42. The second kappa shape index (κ2) is 6.34. The van der Waals surface area contributed by atoms with Crippen LogP contribution < -0.4 is 10.1 Å². The van der Waals surface area contributed by atoms with Crippen LogP contribution in [0.2, 0.25) is 0 Å². The normalized spacial score (nSPS) is 11.3. The lowest BCUT2D eigenvalue weighted by Crippen LogP contribution is -2.17. The zero-order valence-electron chi connectivity index (χ0n) is 11.0. The molecule has 7 heteroatoms. The van der Waals surface area contributed by atoms with E-state index in [1.807, 2.05) is 13.0 Å². The molecule has 0 amide bonds. The Hall–Kier alpha value is -1.76. The zero-order chi connectivity index (χ0) is 15.5. The Morgan fingerprint density at radius 1 is 1.24 bits per heavy atom. The molecule has 0 radical (unpaired) electrons. The summed E-state index contributed by atoms with van der Waals surface area (Å²) in [6.45, 7) is 2.40. The summed E-state index contributed by atoms with van der Waals surface area (Å²) in [6, 6.07) is 6.37. The van der Waals surface area contributed by atoms with E-state index in [9.17, 15) is 13.2 Å². The van der Waals surface area contributed by atoms with Gasteiger partial charge in [-0.1, -0.05) is 6.07 Å². The summed E-state index contributed by atoms with van der Waals surface area (Å²) in [5.41, 5.74) is 2.69. The van der Waals surface area contributed by atoms with Crippen LogP contribution in [-0.4, -0.2) is 11.3 Å². The molecular weight excluding hydrogens is 349 g/mol. The highest BCUT2D eigenvalue weighted by Gasteiger charge is 2.31. The number of aromatic nitrogens is 1. The van der Waals surface area contributed by atoms with Crippen LogP contribution in [0.4, 0.5) is 18.9 Å². The van der Waals surface area contributed by atoms with Crippen LogP contribution in [0, 0.1) is 6.92 Å². The number of rotatable bonds is 4. The standard InChI is InChI=1S/C14H12BrF3N2O/c1-9-4-11(8-19-6-9)20-7-10-2-3-13(12(15)5-10)21-14(16,17)18/h2-6,8,20H,7H2,1H3. The molecular formula is C14H12BrF3N2O. The number of pyridine rings is 1. The SMILES string of the molecule is Cc1cncc(NCc2ccc(OC(F)(F)F)c(Br)c2)c1. The molecule has 0 bridgehead atoms. The van der Waals surface area contributed by atoms with Gasteiger partial charge in [0, 0.05) is 18.9 Å². The Morgan fingerprint density at radius 2 is 2.00 bits per heavy atom. The number of hydrogen-bond donors (Lipinski definition) is 1. The minimum Gasteiger partial charge on any atom is -0.405 e. The van der Waals surface area contributed by atoms with Gasteiger partial charge in [-0.3, -0.25) is 4.98 Å². The number of ether oxygens (including phenoxy) is 1. The first kappa shape index (κ1) is 15.6. The minimum absolute atomic E-state index is 0.251. The fourth-order valence-electron chi connectivity index (χ4n) is 1.72. The molecule has 0 spiro atoms. The van der Waals surface area contributed by atoms with Gasteiger partial charge in [-0.05, 0) is 52.2 Å². The number of alkyl halides is 3. The largest absolute Gasteiger partial charge is 0.573 e. The van der Waals surface area contributed by atoms with Crippen molar-refractivity contribution in [1.29, 1.82) is 0 Å². The van der Waals surface area contributed by atoms with Gasteiger partial charge >= 0.3 is 6.36 Å². The van der Waals surface area contributed by atoms with Crippen molar-refractivity contribution < 1.29 is 17.9 Å². The Morgan fingerprint density at radius 3 is 2.62 bits per heavy atom. The van der Waals surface area contributed by atoms with Gasteiger partial charge in [0.05, 0.1) is 10.2 Å². The average Bonchev–Trinajstić information content (AvgIpc) is 2.38. The molecule has 1 aromatic carbocycles. The monoisotopic (exact) mass is 360 g/mol. The van der Waals surface area contributed by atoms with Crippen molar-refractivity contribution in [3.63, 3.8) is 0 Å². The first-order valence-electron chi connectivity index (χ1n) is 6.03. The van der Waals surface area contributed by atoms with Gasteiger partial charge in [0.25, 0.3) is 0 Å². The summed E-state index contributed by atoms with van der Waals surface area (Å²) >= 11 is 3.07. The van der Waals surface area contributed by atoms with Gasteiger partial charge in [0.15, 0.2) is 0 Å². The van der Waals surface area contributed by atoms with E-state index in [4.69, 9.17) is 0 Å². The maximum absolute atomic E-state index is 12.2. The third-order valence-corrected chi connectivity index (χ3v) is 3.21. The van der Waals surface area contributed by atoms with Crippen LogP contribution in [-0.2, 0) is 6.54 Å². The molecule has 2 aromatic rings. The molecule has 1 N–H and O–H groups in total. The van der Waals surface area contributed by atoms with Gasteiger partial charge in [-0.2, -0.15) is 0 Å². The van der Waals surface area contributed by atoms with E-state index in [-0.39, 0.29) is 10.2 Å². The van der Waals surface area contributed by atoms with Crippen molar-refractivity contribution in [2.24, 2.45) is 0 Å². The molecule has 0 aliphatic rings. The number of hydrogen-bond acceptors (Lipinski definition) is 3. The maximum atomic E-state index is 12.2. The topological polar surface area (TPSA) is 34.2 Å². The molecule has 2 rings (SSSR count). The lowest BCUT2D eigenvalue weighted by molar-refractivity contribution is -0.274. The molecule has 3 nitrogen and oxygen atoms in total. The lowest BCUT2D eigenvalue weighted by atomic mass is 10.2. The Kier molecular flexibility index (Phi) is 4.72. The quantitative estimate of drug-likeness (QED) is 0.860. The van der Waals surface area contributed by atoms with Crippen molar-refractivity contribution in [2.45, 2.75) is 19.8 Å². The van der Waals surface area contributed by atoms with Crippen molar-refractivity contribution in [1.82, 2.24) is 4.98 Å². The third kappa shape index (κ3) is 4.93. The van der Waals surface area contributed by atoms with E-state index in [1.54, 1.807) is 24.5 Å². The number of nitrogens with zero attached hydrogens (tertiary/aromatic N) is 1. The second-order valence-corrected chi connectivity index (χ2v) is 5.27. The Labute approximate surface area is 128 Å². The summed E-state index contributed by atoms with van der Waals surface area (Å²) in [7, 11) is 0. The molecule has 0 fully saturated rings. The smallest absolute Gasteiger partial charge is 0.405 e. The summed E-state index contributed by atoms with van der Waals surface area (Å²) in [5, 5.41) is 3.15. The Balaban J connectivity index is 2.03. The number of halogens is 4. The van der Waals surface area contributed by atoms with Crippen LogP contribution in [0.15, 0.2) is 41.1 Å². The molecule has 0 unspecified atom stereocenters. The Bertz CT molecular complexity index is 632.